The fourth-order valence-electron chi connectivity index (χ4n) is 3.85. The highest BCUT2D eigenvalue weighted by molar-refractivity contribution is 7.14. The molecule has 0 bridgehead atoms. The van der Waals surface area contributed by atoms with Crippen LogP contribution in [0.15, 0.2) is 35.8 Å². The quantitative estimate of drug-likeness (QED) is 0.538. The van der Waals surface area contributed by atoms with Gasteiger partial charge in [0.15, 0.2) is 10.8 Å². The molecule has 2 aromatic heterocycles. The number of aromatic nitrogens is 3. The molecule has 1 aliphatic heterocycles. The number of anilines is 1. The van der Waals surface area contributed by atoms with Crippen molar-refractivity contribution < 1.29 is 22.4 Å². The SMILES string of the molecule is CC1CCCN(Cc2csc(NC(=O)c3cnn(-c4ccccc4F)c3C(F)(F)F)n2)C1. The van der Waals surface area contributed by atoms with Crippen LogP contribution < -0.4 is 5.32 Å². The summed E-state index contributed by atoms with van der Waals surface area (Å²) < 4.78 is 55.8. The van der Waals surface area contributed by atoms with Gasteiger partial charge in [0.1, 0.15) is 11.5 Å². The number of nitrogens with zero attached hydrogens (tertiary/aromatic N) is 4. The maximum atomic E-state index is 14.1. The summed E-state index contributed by atoms with van der Waals surface area (Å²) in [5, 5.41) is 8.03. The highest BCUT2D eigenvalue weighted by Crippen LogP contribution is 2.34. The molecule has 32 heavy (non-hydrogen) atoms. The fourth-order valence-corrected chi connectivity index (χ4v) is 4.55. The number of carbonyl (C=O) groups is 1. The Hall–Kier alpha value is -2.79. The van der Waals surface area contributed by atoms with E-state index in [0.29, 0.717) is 17.1 Å². The number of hydrogen-bond acceptors (Lipinski definition) is 5. The molecule has 0 saturated carbocycles. The highest BCUT2D eigenvalue weighted by Gasteiger charge is 2.41. The minimum atomic E-state index is -4.93. The average molecular weight is 467 g/mol. The molecule has 0 aliphatic carbocycles. The van der Waals surface area contributed by atoms with E-state index < -0.39 is 34.8 Å². The molecule has 1 amide bonds. The Labute approximate surface area is 185 Å². The third-order valence-corrected chi connectivity index (χ3v) is 6.07. The number of hydrogen-bond donors (Lipinski definition) is 1. The smallest absolute Gasteiger partial charge is 0.298 e. The number of benzene rings is 1. The second-order valence-electron chi connectivity index (χ2n) is 7.85. The van der Waals surface area contributed by atoms with E-state index in [-0.39, 0.29) is 5.13 Å². The number of piperidine rings is 1. The van der Waals surface area contributed by atoms with E-state index in [1.165, 1.54) is 18.6 Å². The zero-order chi connectivity index (χ0) is 22.9. The molecule has 1 aliphatic rings. The minimum absolute atomic E-state index is 0.196. The normalized spacial score (nSPS) is 17.5. The van der Waals surface area contributed by atoms with Gasteiger partial charge in [-0.1, -0.05) is 19.1 Å². The van der Waals surface area contributed by atoms with Crippen molar-refractivity contribution in [3.8, 4) is 5.69 Å². The second kappa shape index (κ2) is 8.99. The molecule has 1 N–H and O–H groups in total. The van der Waals surface area contributed by atoms with E-state index in [1.54, 1.807) is 5.38 Å². The van der Waals surface area contributed by atoms with Crippen LogP contribution in [0.5, 0.6) is 0 Å². The zero-order valence-corrected chi connectivity index (χ0v) is 18.0. The average Bonchev–Trinajstić information content (AvgIpc) is 3.35. The van der Waals surface area contributed by atoms with Crippen LogP contribution in [0.3, 0.4) is 0 Å². The lowest BCUT2D eigenvalue weighted by Gasteiger charge is -2.30. The maximum absolute atomic E-state index is 14.1. The van der Waals surface area contributed by atoms with Crippen molar-refractivity contribution in [2.24, 2.45) is 5.92 Å². The summed E-state index contributed by atoms with van der Waals surface area (Å²) >= 11 is 1.14. The number of alkyl halides is 3. The molecule has 3 heterocycles. The largest absolute Gasteiger partial charge is 0.434 e. The molecule has 170 valence electrons. The number of carbonyl (C=O) groups excluding carboxylic acids is 1. The molecule has 1 atom stereocenters. The molecule has 1 unspecified atom stereocenters. The third-order valence-electron chi connectivity index (χ3n) is 5.26. The zero-order valence-electron chi connectivity index (χ0n) is 17.2. The van der Waals surface area contributed by atoms with E-state index in [2.05, 4.69) is 27.2 Å². The first kappa shape index (κ1) is 22.4. The van der Waals surface area contributed by atoms with Crippen LogP contribution in [-0.4, -0.2) is 38.7 Å². The molecule has 4 rings (SSSR count). The van der Waals surface area contributed by atoms with Crippen molar-refractivity contribution in [1.29, 1.82) is 0 Å². The van der Waals surface area contributed by atoms with Crippen molar-refractivity contribution in [2.45, 2.75) is 32.5 Å². The topological polar surface area (TPSA) is 63.1 Å². The van der Waals surface area contributed by atoms with Crippen molar-refractivity contribution >= 4 is 22.4 Å². The molecule has 1 aromatic carbocycles. The molecule has 11 heteroatoms. The monoisotopic (exact) mass is 467 g/mol. The first-order valence-corrected chi connectivity index (χ1v) is 11.0. The van der Waals surface area contributed by atoms with Gasteiger partial charge in [-0.25, -0.2) is 14.1 Å². The number of rotatable bonds is 5. The van der Waals surface area contributed by atoms with Crippen molar-refractivity contribution in [3.63, 3.8) is 0 Å². The Bertz CT molecular complexity index is 1110. The minimum Gasteiger partial charge on any atom is -0.298 e. The van der Waals surface area contributed by atoms with Gasteiger partial charge in [0.05, 0.1) is 17.5 Å². The van der Waals surface area contributed by atoms with Gasteiger partial charge in [0.2, 0.25) is 0 Å². The van der Waals surface area contributed by atoms with Crippen molar-refractivity contribution in [3.05, 3.63) is 58.6 Å². The van der Waals surface area contributed by atoms with Crippen LogP contribution >= 0.6 is 11.3 Å². The summed E-state index contributed by atoms with van der Waals surface area (Å²) in [4.78, 5) is 19.3. The van der Waals surface area contributed by atoms with Gasteiger partial charge in [0, 0.05) is 18.5 Å². The van der Waals surface area contributed by atoms with Gasteiger partial charge in [-0.2, -0.15) is 18.3 Å². The van der Waals surface area contributed by atoms with E-state index in [4.69, 9.17) is 0 Å². The van der Waals surface area contributed by atoms with Crippen LogP contribution in [-0.2, 0) is 12.7 Å². The summed E-state index contributed by atoms with van der Waals surface area (Å²) in [6.45, 7) is 4.74. The van der Waals surface area contributed by atoms with Crippen molar-refractivity contribution in [1.82, 2.24) is 19.7 Å². The summed E-state index contributed by atoms with van der Waals surface area (Å²) in [5.41, 5.74) is -1.70. The summed E-state index contributed by atoms with van der Waals surface area (Å²) in [7, 11) is 0. The molecule has 1 saturated heterocycles. The lowest BCUT2D eigenvalue weighted by atomic mass is 10.0. The standard InChI is InChI=1S/C21H21F4N5OS/c1-13-5-4-8-29(10-13)11-14-12-32-20(27-14)28-19(31)15-9-26-30(18(15)21(23,24)25)17-7-3-2-6-16(17)22/h2-3,6-7,9,12-13H,4-5,8,10-11H2,1H3,(H,27,28,31). The predicted octanol–water partition coefficient (Wildman–Crippen LogP) is 4.97. The predicted molar refractivity (Wildman–Crippen MR) is 112 cm³/mol. The first-order chi connectivity index (χ1) is 15.2. The summed E-state index contributed by atoms with van der Waals surface area (Å²) in [6.07, 6.45) is -1.84. The number of para-hydroxylation sites is 1. The maximum Gasteiger partial charge on any atom is 0.434 e. The first-order valence-electron chi connectivity index (χ1n) is 10.1. The van der Waals surface area contributed by atoms with Crippen LogP contribution in [0, 0.1) is 11.7 Å². The summed E-state index contributed by atoms with van der Waals surface area (Å²) in [6, 6.07) is 4.93. The van der Waals surface area contributed by atoms with Crippen LogP contribution in [0.4, 0.5) is 22.7 Å². The van der Waals surface area contributed by atoms with E-state index in [0.717, 1.165) is 54.9 Å². The molecule has 3 aromatic rings. The van der Waals surface area contributed by atoms with Crippen LogP contribution in [0.1, 0.15) is 41.5 Å². The van der Waals surface area contributed by atoms with Gasteiger partial charge >= 0.3 is 6.18 Å². The molecule has 6 nitrogen and oxygen atoms in total. The highest BCUT2D eigenvalue weighted by atomic mass is 32.1. The number of halogens is 4. The number of amides is 1. The Morgan fingerprint density at radius 3 is 2.81 bits per heavy atom. The molecule has 1 fully saturated rings. The van der Waals surface area contributed by atoms with Gasteiger partial charge < -0.3 is 0 Å². The van der Waals surface area contributed by atoms with Crippen LogP contribution in [0.2, 0.25) is 0 Å². The Balaban J connectivity index is 1.54. The lowest BCUT2D eigenvalue weighted by molar-refractivity contribution is -0.143. The Morgan fingerprint density at radius 1 is 1.31 bits per heavy atom. The van der Waals surface area contributed by atoms with Crippen molar-refractivity contribution in [2.75, 3.05) is 18.4 Å². The van der Waals surface area contributed by atoms with E-state index in [9.17, 15) is 22.4 Å². The van der Waals surface area contributed by atoms with E-state index in [1.807, 2.05) is 0 Å². The number of nitrogens with one attached hydrogen (secondary N) is 1. The van der Waals surface area contributed by atoms with Gasteiger partial charge in [-0.05, 0) is 37.4 Å². The Kier molecular flexibility index (Phi) is 6.29. The van der Waals surface area contributed by atoms with Crippen LogP contribution in [0.25, 0.3) is 5.69 Å². The molecule has 0 radical (unpaired) electrons. The number of likely N-dealkylation sites (tertiary alicyclic amines) is 1. The Morgan fingerprint density at radius 2 is 2.09 bits per heavy atom. The second-order valence-corrected chi connectivity index (χ2v) is 8.71. The van der Waals surface area contributed by atoms with E-state index >= 15 is 0 Å². The third kappa shape index (κ3) is 4.83. The molecule has 0 spiro atoms. The van der Waals surface area contributed by atoms with Gasteiger partial charge in [-0.15, -0.1) is 11.3 Å². The van der Waals surface area contributed by atoms with Gasteiger partial charge in [0.25, 0.3) is 5.91 Å². The molecular formula is C21H21F4N5OS. The molecular weight excluding hydrogens is 446 g/mol. The lowest BCUT2D eigenvalue weighted by Crippen LogP contribution is -2.33. The summed E-state index contributed by atoms with van der Waals surface area (Å²) in [5.74, 6) is -1.29. The fraction of sp³-hybridized carbons (Fsp3) is 0.381. The number of thiazole rings is 1. The van der Waals surface area contributed by atoms with Gasteiger partial charge in [-0.3, -0.25) is 15.0 Å².